The molecule has 0 aliphatic heterocycles. The Kier molecular flexibility index (Phi) is 3.73. The number of halogens is 2. The second-order valence-electron chi connectivity index (χ2n) is 3.42. The number of rotatable bonds is 3. The fourth-order valence-corrected chi connectivity index (χ4v) is 1.59. The standard InChI is InChI=1S/C11H6Cl2N2O4/c12-7-3-4-14-11(10(7)13)19-6-1-2-8(15(17)18)9(16)5-6/h1-5,16H. The molecule has 1 heterocycles. The molecule has 0 amide bonds. The molecule has 1 aromatic carbocycles. The maximum atomic E-state index is 10.5. The zero-order valence-electron chi connectivity index (χ0n) is 9.21. The van der Waals surface area contributed by atoms with Crippen LogP contribution in [0.5, 0.6) is 17.4 Å². The van der Waals surface area contributed by atoms with Crippen LogP contribution in [0, 0.1) is 10.1 Å². The molecule has 1 aromatic heterocycles. The number of pyridine rings is 1. The number of phenolic OH excluding ortho intramolecular Hbond substituents is 1. The van der Waals surface area contributed by atoms with Gasteiger partial charge < -0.3 is 9.84 Å². The summed E-state index contributed by atoms with van der Waals surface area (Å²) in [7, 11) is 0. The van der Waals surface area contributed by atoms with Crippen molar-refractivity contribution in [3.8, 4) is 17.4 Å². The van der Waals surface area contributed by atoms with Gasteiger partial charge in [0.2, 0.25) is 5.88 Å². The Balaban J connectivity index is 2.32. The van der Waals surface area contributed by atoms with Crippen molar-refractivity contribution in [2.75, 3.05) is 0 Å². The predicted octanol–water partition coefficient (Wildman–Crippen LogP) is 3.79. The van der Waals surface area contributed by atoms with Gasteiger partial charge >= 0.3 is 5.69 Å². The Labute approximate surface area is 117 Å². The van der Waals surface area contributed by atoms with E-state index in [2.05, 4.69) is 4.98 Å². The predicted molar refractivity (Wildman–Crippen MR) is 69.1 cm³/mol. The Hall–Kier alpha value is -2.05. The van der Waals surface area contributed by atoms with E-state index in [1.807, 2.05) is 0 Å². The number of nitrogens with zero attached hydrogens (tertiary/aromatic N) is 2. The Morgan fingerprint density at radius 2 is 2.05 bits per heavy atom. The van der Waals surface area contributed by atoms with Crippen LogP contribution in [0.2, 0.25) is 10.0 Å². The molecular weight excluding hydrogens is 295 g/mol. The number of nitro groups is 1. The van der Waals surface area contributed by atoms with Gasteiger partial charge in [0.1, 0.15) is 10.8 Å². The van der Waals surface area contributed by atoms with Crippen LogP contribution < -0.4 is 4.74 Å². The average Bonchev–Trinajstić information content (AvgIpc) is 2.34. The third-order valence-electron chi connectivity index (χ3n) is 2.17. The van der Waals surface area contributed by atoms with E-state index in [9.17, 15) is 15.2 Å². The fourth-order valence-electron chi connectivity index (χ4n) is 1.31. The summed E-state index contributed by atoms with van der Waals surface area (Å²) in [6.45, 7) is 0. The summed E-state index contributed by atoms with van der Waals surface area (Å²) in [6, 6.07) is 5.01. The third kappa shape index (κ3) is 2.86. The van der Waals surface area contributed by atoms with Gasteiger partial charge in [-0.05, 0) is 12.1 Å². The van der Waals surface area contributed by atoms with Crippen LogP contribution in [0.3, 0.4) is 0 Å². The summed E-state index contributed by atoms with van der Waals surface area (Å²) in [5.74, 6) is -0.317. The molecule has 0 saturated carbocycles. The first-order valence-corrected chi connectivity index (χ1v) is 5.70. The highest BCUT2D eigenvalue weighted by Crippen LogP contribution is 2.35. The quantitative estimate of drug-likeness (QED) is 0.688. The normalized spacial score (nSPS) is 10.2. The number of hydrogen-bond donors (Lipinski definition) is 1. The topological polar surface area (TPSA) is 85.5 Å². The van der Waals surface area contributed by atoms with E-state index < -0.39 is 16.4 Å². The first kappa shape index (κ1) is 13.4. The van der Waals surface area contributed by atoms with Crippen LogP contribution in [-0.4, -0.2) is 15.0 Å². The van der Waals surface area contributed by atoms with Crippen molar-refractivity contribution in [3.63, 3.8) is 0 Å². The molecule has 2 rings (SSSR count). The molecule has 6 nitrogen and oxygen atoms in total. The summed E-state index contributed by atoms with van der Waals surface area (Å²) in [5, 5.41) is 20.4. The van der Waals surface area contributed by atoms with Gasteiger partial charge in [-0.2, -0.15) is 0 Å². The molecule has 0 saturated heterocycles. The number of aromatic hydroxyl groups is 1. The highest BCUT2D eigenvalue weighted by atomic mass is 35.5. The molecule has 98 valence electrons. The Bertz CT molecular complexity index is 649. The zero-order chi connectivity index (χ0) is 14.0. The number of benzene rings is 1. The highest BCUT2D eigenvalue weighted by Gasteiger charge is 2.15. The van der Waals surface area contributed by atoms with Crippen molar-refractivity contribution in [1.82, 2.24) is 4.98 Å². The minimum absolute atomic E-state index is 0.0439. The van der Waals surface area contributed by atoms with Crippen LogP contribution in [-0.2, 0) is 0 Å². The molecular formula is C11H6Cl2N2O4. The van der Waals surface area contributed by atoms with Gasteiger partial charge in [0.25, 0.3) is 0 Å². The van der Waals surface area contributed by atoms with Gasteiger partial charge in [0.15, 0.2) is 5.75 Å². The average molecular weight is 301 g/mol. The second kappa shape index (κ2) is 5.29. The summed E-state index contributed by atoms with van der Waals surface area (Å²) >= 11 is 11.7. The maximum Gasteiger partial charge on any atom is 0.310 e. The van der Waals surface area contributed by atoms with E-state index in [0.29, 0.717) is 0 Å². The summed E-state index contributed by atoms with van der Waals surface area (Å²) < 4.78 is 5.30. The lowest BCUT2D eigenvalue weighted by Gasteiger charge is -2.07. The smallest absolute Gasteiger partial charge is 0.310 e. The number of aromatic nitrogens is 1. The molecule has 2 aromatic rings. The van der Waals surface area contributed by atoms with Crippen molar-refractivity contribution in [1.29, 1.82) is 0 Å². The van der Waals surface area contributed by atoms with E-state index in [0.717, 1.165) is 12.1 Å². The summed E-state index contributed by atoms with van der Waals surface area (Å²) in [6.07, 6.45) is 1.40. The van der Waals surface area contributed by atoms with E-state index in [-0.39, 0.29) is 21.7 Å². The molecule has 0 fully saturated rings. The molecule has 8 heteroatoms. The third-order valence-corrected chi connectivity index (χ3v) is 2.95. The number of ether oxygens (including phenoxy) is 1. The van der Waals surface area contributed by atoms with Gasteiger partial charge in [-0.25, -0.2) is 4.98 Å². The fraction of sp³-hybridized carbons (Fsp3) is 0. The first-order valence-electron chi connectivity index (χ1n) is 4.94. The lowest BCUT2D eigenvalue weighted by atomic mass is 10.3. The van der Waals surface area contributed by atoms with Crippen LogP contribution in [0.1, 0.15) is 0 Å². The van der Waals surface area contributed by atoms with Crippen LogP contribution in [0.25, 0.3) is 0 Å². The molecule has 0 bridgehead atoms. The largest absolute Gasteiger partial charge is 0.502 e. The van der Waals surface area contributed by atoms with Crippen molar-refractivity contribution in [3.05, 3.63) is 50.6 Å². The van der Waals surface area contributed by atoms with E-state index >= 15 is 0 Å². The molecule has 0 spiro atoms. The van der Waals surface area contributed by atoms with Crippen LogP contribution in [0.4, 0.5) is 5.69 Å². The number of nitro benzene ring substituents is 1. The minimum Gasteiger partial charge on any atom is -0.502 e. The van der Waals surface area contributed by atoms with Crippen molar-refractivity contribution < 1.29 is 14.8 Å². The molecule has 19 heavy (non-hydrogen) atoms. The lowest BCUT2D eigenvalue weighted by Crippen LogP contribution is -1.91. The molecule has 0 radical (unpaired) electrons. The van der Waals surface area contributed by atoms with Crippen molar-refractivity contribution in [2.24, 2.45) is 0 Å². The van der Waals surface area contributed by atoms with Gasteiger partial charge in [-0.1, -0.05) is 23.2 Å². The molecule has 0 aliphatic rings. The molecule has 0 unspecified atom stereocenters. The van der Waals surface area contributed by atoms with Gasteiger partial charge in [0, 0.05) is 18.3 Å². The zero-order valence-corrected chi connectivity index (χ0v) is 10.7. The van der Waals surface area contributed by atoms with E-state index in [4.69, 9.17) is 27.9 Å². The minimum atomic E-state index is -0.705. The SMILES string of the molecule is O=[N+]([O-])c1ccc(Oc2nccc(Cl)c2Cl)cc1O. The van der Waals surface area contributed by atoms with Gasteiger partial charge in [-0.3, -0.25) is 10.1 Å². The molecule has 0 aliphatic carbocycles. The Morgan fingerprint density at radius 3 is 2.68 bits per heavy atom. The number of hydrogen-bond acceptors (Lipinski definition) is 5. The monoisotopic (exact) mass is 300 g/mol. The molecule has 0 atom stereocenters. The van der Waals surface area contributed by atoms with Crippen molar-refractivity contribution in [2.45, 2.75) is 0 Å². The second-order valence-corrected chi connectivity index (χ2v) is 4.21. The summed E-state index contributed by atoms with van der Waals surface area (Å²) in [5.41, 5.74) is -0.419. The maximum absolute atomic E-state index is 10.5. The highest BCUT2D eigenvalue weighted by molar-refractivity contribution is 6.42. The van der Waals surface area contributed by atoms with E-state index in [1.54, 1.807) is 0 Å². The van der Waals surface area contributed by atoms with Crippen molar-refractivity contribution >= 4 is 28.9 Å². The Morgan fingerprint density at radius 1 is 1.32 bits per heavy atom. The lowest BCUT2D eigenvalue weighted by molar-refractivity contribution is -0.385. The number of phenols is 1. The van der Waals surface area contributed by atoms with E-state index in [1.165, 1.54) is 18.3 Å². The first-order chi connectivity index (χ1) is 8.99. The van der Waals surface area contributed by atoms with Crippen LogP contribution in [0.15, 0.2) is 30.5 Å². The van der Waals surface area contributed by atoms with Gasteiger partial charge in [-0.15, -0.1) is 0 Å². The van der Waals surface area contributed by atoms with Crippen LogP contribution >= 0.6 is 23.2 Å². The molecule has 1 N–H and O–H groups in total. The summed E-state index contributed by atoms with van der Waals surface area (Å²) in [4.78, 5) is 13.7. The van der Waals surface area contributed by atoms with Gasteiger partial charge in [0.05, 0.1) is 9.95 Å².